The molecule has 0 aliphatic carbocycles. The highest BCUT2D eigenvalue weighted by atomic mass is 32.2. The summed E-state index contributed by atoms with van der Waals surface area (Å²) in [5.41, 5.74) is 0. The molecule has 140 valence electrons. The van der Waals surface area contributed by atoms with Crippen molar-refractivity contribution >= 4 is 15.6 Å². The second-order valence-electron chi connectivity index (χ2n) is 7.98. The molecule has 2 aliphatic rings. The number of sulfone groups is 1. The van der Waals surface area contributed by atoms with Crippen molar-refractivity contribution in [2.45, 2.75) is 114 Å². The third-order valence-electron chi connectivity index (χ3n) is 6.06. The molecule has 2 heterocycles. The molecule has 24 heavy (non-hydrogen) atoms. The number of carbonyl (C=O) groups is 1. The number of ketones is 1. The molecule has 2 unspecified atom stereocenters. The molecule has 0 saturated carbocycles. The molecule has 0 N–H and O–H groups in total. The van der Waals surface area contributed by atoms with E-state index in [2.05, 4.69) is 6.92 Å². The van der Waals surface area contributed by atoms with E-state index in [1.54, 1.807) is 0 Å². The van der Waals surface area contributed by atoms with Crippen molar-refractivity contribution in [2.24, 2.45) is 5.92 Å². The van der Waals surface area contributed by atoms with E-state index in [9.17, 15) is 13.2 Å². The zero-order valence-electron chi connectivity index (χ0n) is 15.5. The summed E-state index contributed by atoms with van der Waals surface area (Å²) in [6, 6.07) is 0. The smallest absolute Gasteiger partial charge is 0.156 e. The van der Waals surface area contributed by atoms with Crippen molar-refractivity contribution in [1.29, 1.82) is 0 Å². The Bertz CT molecular complexity index is 463. The monoisotopic (exact) mass is 356 g/mol. The molecule has 0 spiro atoms. The minimum absolute atomic E-state index is 0.0258. The van der Waals surface area contributed by atoms with Crippen LogP contribution in [0.2, 0.25) is 0 Å². The Morgan fingerprint density at radius 2 is 1.33 bits per heavy atom. The molecule has 2 saturated heterocycles. The molecule has 2 rings (SSSR count). The molecule has 0 amide bonds. The van der Waals surface area contributed by atoms with Gasteiger partial charge in [-0.1, -0.05) is 64.7 Å². The first kappa shape index (κ1) is 19.9. The molecule has 2 aliphatic heterocycles. The van der Waals surface area contributed by atoms with E-state index in [1.165, 1.54) is 44.9 Å². The maximum absolute atomic E-state index is 12.5. The average Bonchev–Trinajstić information content (AvgIpc) is 2.52. The maximum Gasteiger partial charge on any atom is 0.156 e. The van der Waals surface area contributed by atoms with E-state index in [0.29, 0.717) is 25.0 Å². The zero-order valence-corrected chi connectivity index (χ0v) is 16.3. The van der Waals surface area contributed by atoms with Gasteiger partial charge >= 0.3 is 0 Å². The van der Waals surface area contributed by atoms with Gasteiger partial charge in [0.15, 0.2) is 9.84 Å². The van der Waals surface area contributed by atoms with Gasteiger partial charge in [0.1, 0.15) is 5.78 Å². The first-order valence-electron chi connectivity index (χ1n) is 10.3. The van der Waals surface area contributed by atoms with Crippen molar-refractivity contribution in [1.82, 2.24) is 0 Å². The third-order valence-corrected chi connectivity index (χ3v) is 8.77. The van der Waals surface area contributed by atoms with Crippen LogP contribution in [-0.4, -0.2) is 24.7 Å². The Kier molecular flexibility index (Phi) is 8.25. The summed E-state index contributed by atoms with van der Waals surface area (Å²) >= 11 is 0. The number of unbranched alkanes of at least 4 members (excludes halogenated alkanes) is 8. The van der Waals surface area contributed by atoms with Crippen LogP contribution < -0.4 is 0 Å². The summed E-state index contributed by atoms with van der Waals surface area (Å²) < 4.78 is 24.6. The fourth-order valence-corrected chi connectivity index (χ4v) is 7.02. The molecule has 0 aromatic heterocycles. The summed E-state index contributed by atoms with van der Waals surface area (Å²) in [4.78, 5) is 12.5. The van der Waals surface area contributed by atoms with E-state index >= 15 is 0 Å². The summed E-state index contributed by atoms with van der Waals surface area (Å²) in [5, 5.41) is -0.441. The van der Waals surface area contributed by atoms with Crippen LogP contribution in [0.25, 0.3) is 0 Å². The normalized spacial score (nSPS) is 28.6. The second kappa shape index (κ2) is 9.94. The molecular weight excluding hydrogens is 320 g/mol. The first-order valence-corrected chi connectivity index (χ1v) is 11.9. The molecule has 4 heteroatoms. The van der Waals surface area contributed by atoms with Gasteiger partial charge < -0.3 is 0 Å². The number of fused-ring (bicyclic) bond motifs is 2. The lowest BCUT2D eigenvalue weighted by Crippen LogP contribution is -2.45. The largest absolute Gasteiger partial charge is 0.299 e. The highest BCUT2D eigenvalue weighted by molar-refractivity contribution is 7.92. The predicted molar refractivity (Wildman–Crippen MR) is 99.9 cm³/mol. The highest BCUT2D eigenvalue weighted by Gasteiger charge is 2.45. The van der Waals surface area contributed by atoms with Gasteiger partial charge in [-0.05, 0) is 32.1 Å². The van der Waals surface area contributed by atoms with Crippen molar-refractivity contribution in [3.8, 4) is 0 Å². The lowest BCUT2D eigenvalue weighted by atomic mass is 9.85. The van der Waals surface area contributed by atoms with Gasteiger partial charge in [-0.2, -0.15) is 0 Å². The van der Waals surface area contributed by atoms with Crippen LogP contribution in [0.3, 0.4) is 0 Å². The quantitative estimate of drug-likeness (QED) is 0.477. The van der Waals surface area contributed by atoms with Crippen LogP contribution in [0.1, 0.15) is 103 Å². The minimum atomic E-state index is -2.93. The van der Waals surface area contributed by atoms with E-state index in [0.717, 1.165) is 32.1 Å². The van der Waals surface area contributed by atoms with E-state index in [1.807, 2.05) is 0 Å². The van der Waals surface area contributed by atoms with E-state index in [-0.39, 0.29) is 16.4 Å². The van der Waals surface area contributed by atoms with Gasteiger partial charge in [0.25, 0.3) is 0 Å². The van der Waals surface area contributed by atoms with E-state index in [4.69, 9.17) is 0 Å². The lowest BCUT2D eigenvalue weighted by Gasteiger charge is -2.38. The second-order valence-corrected chi connectivity index (χ2v) is 10.5. The van der Waals surface area contributed by atoms with Crippen LogP contribution >= 0.6 is 0 Å². The maximum atomic E-state index is 12.5. The van der Waals surface area contributed by atoms with Crippen LogP contribution in [0.15, 0.2) is 0 Å². The molecule has 2 atom stereocenters. The van der Waals surface area contributed by atoms with Crippen molar-refractivity contribution < 1.29 is 13.2 Å². The van der Waals surface area contributed by atoms with Crippen molar-refractivity contribution in [3.63, 3.8) is 0 Å². The Labute approximate surface area is 148 Å². The number of Topliss-reactive ketones (excluding diaryl/α,β-unsaturated/α-hetero) is 1. The topological polar surface area (TPSA) is 51.2 Å². The van der Waals surface area contributed by atoms with Crippen molar-refractivity contribution in [2.75, 3.05) is 0 Å². The predicted octanol–water partition coefficient (Wildman–Crippen LogP) is 5.22. The highest BCUT2D eigenvalue weighted by Crippen LogP contribution is 2.40. The van der Waals surface area contributed by atoms with Crippen LogP contribution in [0.4, 0.5) is 0 Å². The van der Waals surface area contributed by atoms with Crippen LogP contribution in [-0.2, 0) is 14.6 Å². The standard InChI is InChI=1S/C20H36O3S/c1-2-3-4-5-6-7-8-9-10-14-20(21)17-15-18-12-11-13-19(16-17)24(18,22)23/h17-19H,2-16H2,1H3. The summed E-state index contributed by atoms with van der Waals surface area (Å²) in [6.45, 7) is 2.24. The molecular formula is C20H36O3S. The van der Waals surface area contributed by atoms with Crippen LogP contribution in [0, 0.1) is 5.92 Å². The van der Waals surface area contributed by atoms with Gasteiger partial charge in [-0.3, -0.25) is 4.79 Å². The Morgan fingerprint density at radius 1 is 0.833 bits per heavy atom. The molecule has 3 nitrogen and oxygen atoms in total. The van der Waals surface area contributed by atoms with Crippen molar-refractivity contribution in [3.05, 3.63) is 0 Å². The summed E-state index contributed by atoms with van der Waals surface area (Å²) in [5.74, 6) is 0.364. The zero-order chi connectivity index (χ0) is 17.4. The number of hydrogen-bond donors (Lipinski definition) is 0. The minimum Gasteiger partial charge on any atom is -0.299 e. The van der Waals surface area contributed by atoms with Gasteiger partial charge in [0.05, 0.1) is 10.5 Å². The number of carbonyl (C=O) groups excluding carboxylic acids is 1. The molecule has 0 aromatic carbocycles. The molecule has 2 fully saturated rings. The SMILES string of the molecule is CCCCCCCCCCCC(=O)C1CC2CCCC(C1)S2(=O)=O. The van der Waals surface area contributed by atoms with Gasteiger partial charge in [-0.25, -0.2) is 8.42 Å². The number of hydrogen-bond acceptors (Lipinski definition) is 3. The average molecular weight is 357 g/mol. The fourth-order valence-electron chi connectivity index (χ4n) is 4.49. The summed E-state index contributed by atoms with van der Waals surface area (Å²) in [6.07, 6.45) is 15.8. The Hall–Kier alpha value is -0.380. The van der Waals surface area contributed by atoms with Crippen LogP contribution in [0.5, 0.6) is 0 Å². The van der Waals surface area contributed by atoms with Gasteiger partial charge in [0.2, 0.25) is 0 Å². The Balaban J connectivity index is 1.59. The molecule has 2 bridgehead atoms. The van der Waals surface area contributed by atoms with Gasteiger partial charge in [-0.15, -0.1) is 0 Å². The Morgan fingerprint density at radius 3 is 1.88 bits per heavy atom. The number of rotatable bonds is 11. The van der Waals surface area contributed by atoms with E-state index < -0.39 is 9.84 Å². The molecule has 0 radical (unpaired) electrons. The summed E-state index contributed by atoms with van der Waals surface area (Å²) in [7, 11) is -2.93. The van der Waals surface area contributed by atoms with Gasteiger partial charge in [0, 0.05) is 12.3 Å². The molecule has 0 aromatic rings. The third kappa shape index (κ3) is 5.57. The first-order chi connectivity index (χ1) is 11.6. The fraction of sp³-hybridized carbons (Fsp3) is 0.950. The lowest BCUT2D eigenvalue weighted by molar-refractivity contribution is -0.123.